The summed E-state index contributed by atoms with van der Waals surface area (Å²) in [6.45, 7) is 13.9. The lowest BCUT2D eigenvalue weighted by atomic mass is 9.47. The molecular weight excluding hydrogens is 652 g/mol. The number of hydrogen-bond acceptors (Lipinski definition) is 6. The van der Waals surface area contributed by atoms with Crippen molar-refractivity contribution >= 4 is 17.9 Å². The van der Waals surface area contributed by atoms with Gasteiger partial charge in [-0.25, -0.2) is 9.78 Å². The fourth-order valence-electron chi connectivity index (χ4n) is 11.6. The summed E-state index contributed by atoms with van der Waals surface area (Å²) in [5.74, 6) is 4.80. The summed E-state index contributed by atoms with van der Waals surface area (Å²) in [5.41, 5.74) is 3.24. The van der Waals surface area contributed by atoms with Crippen LogP contribution in [0.1, 0.15) is 130 Å². The summed E-state index contributed by atoms with van der Waals surface area (Å²) in [5, 5.41) is 12.1. The Labute approximate surface area is 312 Å². The molecule has 0 aromatic carbocycles. The number of nitrogens with one attached hydrogen (secondary N) is 5. The predicted molar refractivity (Wildman–Crippen MR) is 204 cm³/mol. The number of aromatic amines is 1. The van der Waals surface area contributed by atoms with Gasteiger partial charge in [-0.05, 0) is 104 Å². The molecule has 5 aliphatic rings. The number of carbonyl (C=O) groups excluding carboxylic acids is 3. The Kier molecular flexibility index (Phi) is 12.7. The molecule has 5 N–H and O–H groups in total. The van der Waals surface area contributed by atoms with Crippen molar-refractivity contribution in [2.75, 3.05) is 19.6 Å². The lowest BCUT2D eigenvalue weighted by Gasteiger charge is -2.58. The van der Waals surface area contributed by atoms with Crippen molar-refractivity contribution in [1.82, 2.24) is 31.2 Å². The van der Waals surface area contributed by atoms with Crippen molar-refractivity contribution in [3.63, 3.8) is 0 Å². The first-order valence-electron chi connectivity index (χ1n) is 20.9. The van der Waals surface area contributed by atoms with E-state index in [1.165, 1.54) is 56.9 Å². The molecule has 1 aromatic heterocycles. The number of nitrogens with zero attached hydrogens (tertiary/aromatic N) is 1. The van der Waals surface area contributed by atoms with Crippen molar-refractivity contribution < 1.29 is 19.1 Å². The van der Waals surface area contributed by atoms with E-state index in [0.29, 0.717) is 50.7 Å². The van der Waals surface area contributed by atoms with Gasteiger partial charge in [-0.15, -0.1) is 0 Å². The van der Waals surface area contributed by atoms with Crippen LogP contribution in [-0.2, 0) is 20.7 Å². The minimum Gasteiger partial charge on any atom is -0.446 e. The van der Waals surface area contributed by atoms with Gasteiger partial charge in [-0.1, -0.05) is 65.5 Å². The Hall–Kier alpha value is -2.88. The summed E-state index contributed by atoms with van der Waals surface area (Å²) >= 11 is 0. The first-order chi connectivity index (χ1) is 25.0. The van der Waals surface area contributed by atoms with Crippen LogP contribution in [0.25, 0.3) is 0 Å². The summed E-state index contributed by atoms with van der Waals surface area (Å²) in [6, 6.07) is -0.403. The maximum Gasteiger partial charge on any atom is 0.407 e. The third kappa shape index (κ3) is 8.90. The van der Waals surface area contributed by atoms with Crippen molar-refractivity contribution in [2.24, 2.45) is 46.3 Å². The Bertz CT molecular complexity index is 1400. The third-order valence-electron chi connectivity index (χ3n) is 14.4. The molecule has 10 heteroatoms. The molecule has 6 rings (SSSR count). The summed E-state index contributed by atoms with van der Waals surface area (Å²) in [4.78, 5) is 44.9. The van der Waals surface area contributed by atoms with Crippen LogP contribution in [0.2, 0.25) is 0 Å². The molecule has 3 amide bonds. The number of allylic oxidation sites excluding steroid dienone is 1. The van der Waals surface area contributed by atoms with E-state index in [9.17, 15) is 14.4 Å². The van der Waals surface area contributed by atoms with E-state index < -0.39 is 0 Å². The molecule has 2 heterocycles. The Balaban J connectivity index is 0.880. The van der Waals surface area contributed by atoms with Gasteiger partial charge in [-0.2, -0.15) is 0 Å². The van der Waals surface area contributed by atoms with Gasteiger partial charge >= 0.3 is 6.09 Å². The topological polar surface area (TPSA) is 137 Å². The number of carbonyl (C=O) groups is 3. The molecule has 10 nitrogen and oxygen atoms in total. The maximum atomic E-state index is 12.8. The molecular formula is C42H68N6O4. The average molecular weight is 721 g/mol. The number of imidazole rings is 1. The number of H-pyrrole nitrogens is 1. The van der Waals surface area contributed by atoms with Crippen molar-refractivity contribution in [3.05, 3.63) is 29.9 Å². The molecule has 3 saturated carbocycles. The number of alkyl carbamates (subject to hydrolysis) is 1. The molecule has 4 aliphatic carbocycles. The number of aromatic nitrogens is 2. The zero-order valence-corrected chi connectivity index (χ0v) is 32.7. The second kappa shape index (κ2) is 17.1. The number of hydrogen-bond donors (Lipinski definition) is 5. The lowest BCUT2D eigenvalue weighted by Crippen LogP contribution is -2.51. The van der Waals surface area contributed by atoms with Gasteiger partial charge in [0, 0.05) is 56.8 Å². The van der Waals surface area contributed by atoms with Crippen LogP contribution in [-0.4, -0.2) is 65.7 Å². The molecule has 0 spiro atoms. The largest absolute Gasteiger partial charge is 0.446 e. The molecule has 4 fully saturated rings. The van der Waals surface area contributed by atoms with E-state index in [1.54, 1.807) is 12.5 Å². The fourth-order valence-corrected chi connectivity index (χ4v) is 11.6. The van der Waals surface area contributed by atoms with Crippen LogP contribution < -0.4 is 21.3 Å². The minimum absolute atomic E-state index is 0.0536. The van der Waals surface area contributed by atoms with Crippen LogP contribution in [0.5, 0.6) is 0 Å². The van der Waals surface area contributed by atoms with Crippen molar-refractivity contribution in [3.8, 4) is 0 Å². The Morgan fingerprint density at radius 2 is 1.85 bits per heavy atom. The quantitative estimate of drug-likeness (QED) is 0.0996. The van der Waals surface area contributed by atoms with E-state index in [1.807, 2.05) is 0 Å². The first-order valence-corrected chi connectivity index (χ1v) is 20.9. The smallest absolute Gasteiger partial charge is 0.407 e. The van der Waals surface area contributed by atoms with E-state index >= 15 is 0 Å². The summed E-state index contributed by atoms with van der Waals surface area (Å²) in [7, 11) is 0. The molecule has 4 unspecified atom stereocenters. The second-order valence-electron chi connectivity index (χ2n) is 18.2. The van der Waals surface area contributed by atoms with E-state index in [2.05, 4.69) is 71.9 Å². The average Bonchev–Trinajstić information content (AvgIpc) is 3.87. The van der Waals surface area contributed by atoms with E-state index in [0.717, 1.165) is 60.5 Å². The van der Waals surface area contributed by atoms with Gasteiger partial charge in [-0.3, -0.25) is 9.59 Å². The molecule has 1 saturated heterocycles. The highest BCUT2D eigenvalue weighted by molar-refractivity contribution is 5.82. The van der Waals surface area contributed by atoms with Crippen molar-refractivity contribution in [2.45, 2.75) is 149 Å². The molecule has 52 heavy (non-hydrogen) atoms. The van der Waals surface area contributed by atoms with Crippen LogP contribution >= 0.6 is 0 Å². The number of rotatable bonds is 15. The monoisotopic (exact) mass is 721 g/mol. The Morgan fingerprint density at radius 3 is 2.63 bits per heavy atom. The van der Waals surface area contributed by atoms with Crippen LogP contribution in [0.3, 0.4) is 0 Å². The molecule has 0 radical (unpaired) electrons. The van der Waals surface area contributed by atoms with Gasteiger partial charge in [0.15, 0.2) is 0 Å². The number of fused-ring (bicyclic) bond motifs is 5. The summed E-state index contributed by atoms with van der Waals surface area (Å²) < 4.78 is 5.95. The van der Waals surface area contributed by atoms with Crippen molar-refractivity contribution in [1.29, 1.82) is 0 Å². The third-order valence-corrected chi connectivity index (χ3v) is 14.4. The van der Waals surface area contributed by atoms with Gasteiger partial charge in [0.25, 0.3) is 0 Å². The second-order valence-corrected chi connectivity index (χ2v) is 18.2. The standard InChI is InChI=1S/C42H68N6O4/c1-27(2)8-6-9-28(3)34-13-14-35-33-12-11-29-22-32(15-18-41(29,4)36(33)16-19-42(34,35)5)52-40(51)45-20-7-10-38(49)48-31-23-37(46-25-31)39(50)44-21-17-30-24-43-26-47-30/h11,24,26-28,31-37,46H,6-10,12-23,25H2,1-5H3,(H,43,47)(H,44,50)(H,45,51)(H,48,49)/t28-,31+,32?,33?,34-,35?,36?,37+,41+,42-/m1/s1. The van der Waals surface area contributed by atoms with Gasteiger partial charge in [0.05, 0.1) is 12.4 Å². The molecule has 0 bridgehead atoms. The molecule has 10 atom stereocenters. The van der Waals surface area contributed by atoms with Gasteiger partial charge in [0.2, 0.25) is 11.8 Å². The summed E-state index contributed by atoms with van der Waals surface area (Å²) in [6.07, 6.45) is 21.3. The van der Waals surface area contributed by atoms with E-state index in [4.69, 9.17) is 4.74 Å². The highest BCUT2D eigenvalue weighted by Gasteiger charge is 2.59. The predicted octanol–water partition coefficient (Wildman–Crippen LogP) is 6.83. The molecule has 1 aromatic rings. The highest BCUT2D eigenvalue weighted by Crippen LogP contribution is 2.67. The highest BCUT2D eigenvalue weighted by atomic mass is 16.6. The molecule has 1 aliphatic heterocycles. The van der Waals surface area contributed by atoms with Crippen LogP contribution in [0.4, 0.5) is 4.79 Å². The van der Waals surface area contributed by atoms with Gasteiger partial charge < -0.3 is 31.0 Å². The lowest BCUT2D eigenvalue weighted by molar-refractivity contribution is -0.123. The zero-order valence-electron chi connectivity index (χ0n) is 32.7. The normalized spacial score (nSPS) is 34.4. The fraction of sp³-hybridized carbons (Fsp3) is 0.810. The van der Waals surface area contributed by atoms with Gasteiger partial charge in [0.1, 0.15) is 6.10 Å². The number of ether oxygens (including phenoxy) is 1. The van der Waals surface area contributed by atoms with Crippen LogP contribution in [0, 0.1) is 46.3 Å². The first kappa shape index (κ1) is 38.8. The van der Waals surface area contributed by atoms with Crippen LogP contribution in [0.15, 0.2) is 24.2 Å². The minimum atomic E-state index is -0.377. The number of amides is 3. The van der Waals surface area contributed by atoms with E-state index in [-0.39, 0.29) is 41.5 Å². The zero-order chi connectivity index (χ0) is 36.9. The maximum absolute atomic E-state index is 12.8. The molecule has 290 valence electrons. The SMILES string of the molecule is CC(C)CCC[C@@H](C)[C@H]1CCC2C3CC=C4CC(OC(=O)NCCCC(=O)N[C@@H]5CN[C@H](C(=O)NCCc6cnc[nH]6)C5)CC[C@]4(C)C3CC[C@@]21C. The Morgan fingerprint density at radius 1 is 1.00 bits per heavy atom.